The van der Waals surface area contributed by atoms with Crippen molar-refractivity contribution in [3.8, 4) is 5.75 Å². The number of ether oxygens (including phenoxy) is 1. The average molecular weight is 410 g/mol. The molecule has 0 aliphatic carbocycles. The molecule has 0 saturated carbocycles. The number of carbonyl (C=O) groups excluding carboxylic acids is 2. The van der Waals surface area contributed by atoms with E-state index in [1.165, 1.54) is 10.6 Å². The molecule has 2 aromatic rings. The zero-order chi connectivity index (χ0) is 20.5. The van der Waals surface area contributed by atoms with Gasteiger partial charge >= 0.3 is 0 Å². The third-order valence-corrected chi connectivity index (χ3v) is 6.01. The molecule has 3 aliphatic heterocycles. The molecular weight excluding hydrogens is 384 g/mol. The van der Waals surface area contributed by atoms with Gasteiger partial charge in [0.1, 0.15) is 5.75 Å². The molecule has 8 nitrogen and oxygen atoms in total. The normalized spacial score (nSPS) is 20.9. The van der Waals surface area contributed by atoms with E-state index in [1.807, 2.05) is 18.2 Å². The Hall–Kier alpha value is -2.87. The van der Waals surface area contributed by atoms with Crippen LogP contribution >= 0.6 is 0 Å². The maximum atomic E-state index is 13.1. The van der Waals surface area contributed by atoms with Gasteiger partial charge in [0, 0.05) is 12.7 Å². The number of fused-ring (bicyclic) bond motifs is 2. The third kappa shape index (κ3) is 3.67. The molecule has 1 fully saturated rings. The lowest BCUT2D eigenvalue weighted by atomic mass is 10.0. The van der Waals surface area contributed by atoms with Gasteiger partial charge in [0.2, 0.25) is 5.91 Å². The molecule has 158 valence electrons. The van der Waals surface area contributed by atoms with E-state index in [0.29, 0.717) is 32.7 Å². The maximum absolute atomic E-state index is 13.1. The van der Waals surface area contributed by atoms with Crippen LogP contribution in [0.15, 0.2) is 30.5 Å². The topological polar surface area (TPSA) is 76.9 Å². The molecule has 1 saturated heterocycles. The molecule has 4 heterocycles. The molecule has 3 aliphatic rings. The fourth-order valence-electron chi connectivity index (χ4n) is 4.41. The van der Waals surface area contributed by atoms with E-state index in [0.717, 1.165) is 49.3 Å². The van der Waals surface area contributed by atoms with Crippen LogP contribution in [0.5, 0.6) is 5.75 Å². The van der Waals surface area contributed by atoms with E-state index >= 15 is 0 Å². The second kappa shape index (κ2) is 8.10. The van der Waals surface area contributed by atoms with E-state index in [2.05, 4.69) is 11.2 Å². The van der Waals surface area contributed by atoms with E-state index in [1.54, 1.807) is 15.8 Å². The molecule has 0 radical (unpaired) electrons. The van der Waals surface area contributed by atoms with Crippen molar-refractivity contribution in [3.05, 3.63) is 47.3 Å². The summed E-state index contributed by atoms with van der Waals surface area (Å²) in [7, 11) is 0. The van der Waals surface area contributed by atoms with E-state index < -0.39 is 6.04 Å². The minimum absolute atomic E-state index is 0.0106. The number of hydroxylamine groups is 2. The monoisotopic (exact) mass is 410 g/mol. The molecule has 8 heteroatoms. The number of nitrogens with zero attached hydrogens (tertiary/aromatic N) is 4. The molecule has 0 spiro atoms. The lowest BCUT2D eigenvalue weighted by molar-refractivity contribution is -0.201. The van der Waals surface area contributed by atoms with Gasteiger partial charge in [0.15, 0.2) is 6.04 Å². The van der Waals surface area contributed by atoms with E-state index in [4.69, 9.17) is 9.57 Å². The maximum Gasteiger partial charge on any atom is 0.272 e. The molecule has 2 amide bonds. The van der Waals surface area contributed by atoms with Crippen molar-refractivity contribution in [1.29, 1.82) is 0 Å². The number of aromatic nitrogens is 2. The minimum Gasteiger partial charge on any atom is -0.493 e. The zero-order valence-electron chi connectivity index (χ0n) is 17.0. The van der Waals surface area contributed by atoms with Crippen LogP contribution in [0.4, 0.5) is 0 Å². The van der Waals surface area contributed by atoms with Crippen molar-refractivity contribution >= 4 is 11.8 Å². The van der Waals surface area contributed by atoms with Crippen molar-refractivity contribution in [2.75, 3.05) is 26.3 Å². The summed E-state index contributed by atoms with van der Waals surface area (Å²) in [6, 6.07) is 7.31. The molecule has 0 N–H and O–H groups in total. The Labute approximate surface area is 175 Å². The van der Waals surface area contributed by atoms with Gasteiger partial charge in [-0.1, -0.05) is 12.1 Å². The van der Waals surface area contributed by atoms with Gasteiger partial charge in [-0.15, -0.1) is 0 Å². The van der Waals surface area contributed by atoms with Gasteiger partial charge in [-0.3, -0.25) is 19.1 Å². The number of carbonyl (C=O) groups is 2. The summed E-state index contributed by atoms with van der Waals surface area (Å²) in [5, 5.41) is 5.78. The molecule has 1 atom stereocenters. The number of hydrogen-bond acceptors (Lipinski definition) is 5. The Bertz CT molecular complexity index is 950. The fraction of sp³-hybridized carbons (Fsp3) is 0.500. The quantitative estimate of drug-likeness (QED) is 0.772. The predicted molar refractivity (Wildman–Crippen MR) is 108 cm³/mol. The average Bonchev–Trinajstić information content (AvgIpc) is 3.27. The van der Waals surface area contributed by atoms with Crippen LogP contribution in [-0.4, -0.2) is 57.9 Å². The van der Waals surface area contributed by atoms with Crippen LogP contribution in [0, 0.1) is 0 Å². The van der Waals surface area contributed by atoms with Gasteiger partial charge in [0.05, 0.1) is 38.4 Å². The first-order valence-electron chi connectivity index (χ1n) is 10.7. The van der Waals surface area contributed by atoms with Gasteiger partial charge in [-0.2, -0.15) is 5.10 Å². The highest BCUT2D eigenvalue weighted by Crippen LogP contribution is 2.27. The van der Waals surface area contributed by atoms with Crippen LogP contribution in [0.25, 0.3) is 0 Å². The lowest BCUT2D eigenvalue weighted by Crippen LogP contribution is -2.49. The number of rotatable bonds is 3. The Morgan fingerprint density at radius 2 is 2.07 bits per heavy atom. The summed E-state index contributed by atoms with van der Waals surface area (Å²) in [4.78, 5) is 33.5. The number of aryl methyl sites for hydroxylation is 1. The van der Waals surface area contributed by atoms with Gasteiger partial charge < -0.3 is 9.64 Å². The second-order valence-electron chi connectivity index (χ2n) is 8.11. The lowest BCUT2D eigenvalue weighted by Gasteiger charge is -2.36. The second-order valence-corrected chi connectivity index (χ2v) is 8.11. The number of hydrogen-bond donors (Lipinski definition) is 0. The van der Waals surface area contributed by atoms with Gasteiger partial charge in [-0.05, 0) is 48.9 Å². The Kier molecular flexibility index (Phi) is 5.16. The molecule has 5 rings (SSSR count). The van der Waals surface area contributed by atoms with Crippen molar-refractivity contribution in [2.45, 2.75) is 44.7 Å². The molecule has 30 heavy (non-hydrogen) atoms. The van der Waals surface area contributed by atoms with Crippen molar-refractivity contribution in [2.24, 2.45) is 0 Å². The van der Waals surface area contributed by atoms with Crippen LogP contribution < -0.4 is 4.74 Å². The standard InChI is InChI=1S/C22H26N4O4/c27-21(13-16-5-6-20-17(12-16)4-3-10-29-20)24-14-18-7-8-23-26(18)19(15-24)22(28)25-9-1-2-11-30-25/h5-8,12,19H,1-4,9-11,13-15H2/t19-/m0/s1. The minimum atomic E-state index is -0.553. The summed E-state index contributed by atoms with van der Waals surface area (Å²) in [6.45, 7) is 2.65. The van der Waals surface area contributed by atoms with E-state index in [9.17, 15) is 9.59 Å². The summed E-state index contributed by atoms with van der Waals surface area (Å²) < 4.78 is 7.41. The van der Waals surface area contributed by atoms with Crippen molar-refractivity contribution in [1.82, 2.24) is 19.7 Å². The molecule has 0 bridgehead atoms. The SMILES string of the molecule is O=C(Cc1ccc2c(c1)CCCO2)N1Cc2ccnn2[C@H](C(=O)N2CCCCO2)C1. The first kappa shape index (κ1) is 19.1. The Balaban J connectivity index is 1.32. The predicted octanol–water partition coefficient (Wildman–Crippen LogP) is 1.89. The molecular formula is C22H26N4O4. The van der Waals surface area contributed by atoms with Gasteiger partial charge in [-0.25, -0.2) is 5.06 Å². The number of amides is 2. The van der Waals surface area contributed by atoms with E-state index in [-0.39, 0.29) is 11.8 Å². The largest absolute Gasteiger partial charge is 0.493 e. The van der Waals surface area contributed by atoms with Crippen molar-refractivity contribution in [3.63, 3.8) is 0 Å². The van der Waals surface area contributed by atoms with Crippen LogP contribution in [0.2, 0.25) is 0 Å². The summed E-state index contributed by atoms with van der Waals surface area (Å²) in [6.07, 6.45) is 5.86. The zero-order valence-corrected chi connectivity index (χ0v) is 17.0. The fourth-order valence-corrected chi connectivity index (χ4v) is 4.41. The highest BCUT2D eigenvalue weighted by molar-refractivity contribution is 5.83. The highest BCUT2D eigenvalue weighted by atomic mass is 16.7. The smallest absolute Gasteiger partial charge is 0.272 e. The Morgan fingerprint density at radius 1 is 1.13 bits per heavy atom. The van der Waals surface area contributed by atoms with Gasteiger partial charge in [0.25, 0.3) is 5.91 Å². The van der Waals surface area contributed by atoms with Crippen LogP contribution in [-0.2, 0) is 33.8 Å². The van der Waals surface area contributed by atoms with Crippen LogP contribution in [0.3, 0.4) is 0 Å². The third-order valence-electron chi connectivity index (χ3n) is 6.01. The first-order valence-corrected chi connectivity index (χ1v) is 10.7. The van der Waals surface area contributed by atoms with Crippen LogP contribution in [0.1, 0.15) is 42.1 Å². The first-order chi connectivity index (χ1) is 14.7. The summed E-state index contributed by atoms with van der Waals surface area (Å²) >= 11 is 0. The molecule has 1 aromatic heterocycles. The molecule has 1 aromatic carbocycles. The number of benzene rings is 1. The Morgan fingerprint density at radius 3 is 2.93 bits per heavy atom. The summed E-state index contributed by atoms with van der Waals surface area (Å²) in [5.74, 6) is 0.797. The summed E-state index contributed by atoms with van der Waals surface area (Å²) in [5.41, 5.74) is 3.01. The molecule has 0 unspecified atom stereocenters. The van der Waals surface area contributed by atoms with Crippen molar-refractivity contribution < 1.29 is 19.2 Å². The highest BCUT2D eigenvalue weighted by Gasteiger charge is 2.36.